The summed E-state index contributed by atoms with van der Waals surface area (Å²) in [5.74, 6) is 0.702. The van der Waals surface area contributed by atoms with Gasteiger partial charge in [0.05, 0.1) is 6.20 Å². The summed E-state index contributed by atoms with van der Waals surface area (Å²) < 4.78 is 18.5. The Morgan fingerprint density at radius 2 is 1.83 bits per heavy atom. The van der Waals surface area contributed by atoms with Crippen molar-refractivity contribution in [1.82, 2.24) is 10.3 Å². The zero-order valence-electron chi connectivity index (χ0n) is 13.0. The Morgan fingerprint density at radius 3 is 2.58 bits per heavy atom. The number of oxazole rings is 1. The van der Waals surface area contributed by atoms with Gasteiger partial charge >= 0.3 is 0 Å². The zero-order valence-corrected chi connectivity index (χ0v) is 13.0. The summed E-state index contributed by atoms with van der Waals surface area (Å²) in [5.41, 5.74) is 1.81. The Balaban J connectivity index is 1.50. The average molecular weight is 324 g/mol. The summed E-state index contributed by atoms with van der Waals surface area (Å²) in [6.07, 6.45) is 2.31. The van der Waals surface area contributed by atoms with E-state index in [4.69, 9.17) is 4.42 Å². The van der Waals surface area contributed by atoms with Gasteiger partial charge in [-0.1, -0.05) is 30.3 Å². The molecule has 1 N–H and O–H groups in total. The Morgan fingerprint density at radius 1 is 1.08 bits per heavy atom. The van der Waals surface area contributed by atoms with Gasteiger partial charge < -0.3 is 9.73 Å². The van der Waals surface area contributed by atoms with Crippen LogP contribution in [0.15, 0.2) is 65.2 Å². The maximum Gasteiger partial charge on any atom is 0.220 e. The van der Waals surface area contributed by atoms with Crippen LogP contribution < -0.4 is 5.32 Å². The molecule has 0 aliphatic carbocycles. The van der Waals surface area contributed by atoms with Gasteiger partial charge in [-0.25, -0.2) is 9.37 Å². The number of nitrogens with one attached hydrogen (secondary N) is 1. The number of rotatable bonds is 6. The first-order valence-corrected chi connectivity index (χ1v) is 7.72. The van der Waals surface area contributed by atoms with Gasteiger partial charge in [-0.3, -0.25) is 4.79 Å². The maximum atomic E-state index is 12.9. The third-order valence-electron chi connectivity index (χ3n) is 3.58. The van der Waals surface area contributed by atoms with Gasteiger partial charge in [0, 0.05) is 24.9 Å². The molecule has 0 atom stereocenters. The largest absolute Gasteiger partial charge is 0.441 e. The molecule has 1 heterocycles. The van der Waals surface area contributed by atoms with Gasteiger partial charge in [0.15, 0.2) is 11.7 Å². The zero-order chi connectivity index (χ0) is 16.8. The van der Waals surface area contributed by atoms with Crippen molar-refractivity contribution in [2.75, 3.05) is 0 Å². The SMILES string of the molecule is O=C(CCc1ncc(-c2ccc(F)cc2)o1)NCc1ccccc1. The topological polar surface area (TPSA) is 55.1 Å². The van der Waals surface area contributed by atoms with E-state index in [0.29, 0.717) is 31.0 Å². The molecular weight excluding hydrogens is 307 g/mol. The number of aromatic nitrogens is 1. The summed E-state index contributed by atoms with van der Waals surface area (Å²) in [6.45, 7) is 0.506. The molecule has 0 unspecified atom stereocenters. The number of nitrogens with zero attached hydrogens (tertiary/aromatic N) is 1. The fourth-order valence-corrected chi connectivity index (χ4v) is 2.28. The lowest BCUT2D eigenvalue weighted by molar-refractivity contribution is -0.121. The summed E-state index contributed by atoms with van der Waals surface area (Å²) in [5, 5.41) is 2.86. The van der Waals surface area contributed by atoms with Gasteiger partial charge in [-0.15, -0.1) is 0 Å². The van der Waals surface area contributed by atoms with Crippen molar-refractivity contribution in [3.63, 3.8) is 0 Å². The quantitative estimate of drug-likeness (QED) is 0.751. The van der Waals surface area contributed by atoms with Crippen LogP contribution in [0.1, 0.15) is 17.9 Å². The molecule has 1 aromatic heterocycles. The molecule has 24 heavy (non-hydrogen) atoms. The number of amides is 1. The lowest BCUT2D eigenvalue weighted by Crippen LogP contribution is -2.22. The van der Waals surface area contributed by atoms with E-state index >= 15 is 0 Å². The van der Waals surface area contributed by atoms with Crippen LogP contribution in [-0.2, 0) is 17.8 Å². The van der Waals surface area contributed by atoms with Crippen LogP contribution >= 0.6 is 0 Å². The minimum absolute atomic E-state index is 0.0552. The molecule has 3 rings (SSSR count). The lowest BCUT2D eigenvalue weighted by atomic mass is 10.2. The fourth-order valence-electron chi connectivity index (χ4n) is 2.28. The van der Waals surface area contributed by atoms with Gasteiger partial charge in [0.2, 0.25) is 5.91 Å². The fraction of sp³-hybridized carbons (Fsp3) is 0.158. The Hall–Kier alpha value is -2.95. The highest BCUT2D eigenvalue weighted by Crippen LogP contribution is 2.21. The molecule has 0 spiro atoms. The van der Waals surface area contributed by atoms with Crippen LogP contribution in [0.2, 0.25) is 0 Å². The molecule has 0 saturated carbocycles. The van der Waals surface area contributed by atoms with E-state index in [-0.39, 0.29) is 11.7 Å². The summed E-state index contributed by atoms with van der Waals surface area (Å²) >= 11 is 0. The number of hydrogen-bond donors (Lipinski definition) is 1. The average Bonchev–Trinajstić information content (AvgIpc) is 3.09. The Labute approximate surface area is 139 Å². The van der Waals surface area contributed by atoms with Crippen molar-refractivity contribution < 1.29 is 13.6 Å². The van der Waals surface area contributed by atoms with Crippen LogP contribution in [0.4, 0.5) is 4.39 Å². The second-order valence-electron chi connectivity index (χ2n) is 5.39. The first-order chi connectivity index (χ1) is 11.7. The molecule has 0 aliphatic rings. The first-order valence-electron chi connectivity index (χ1n) is 7.72. The monoisotopic (exact) mass is 324 g/mol. The van der Waals surface area contributed by atoms with Crippen molar-refractivity contribution in [2.45, 2.75) is 19.4 Å². The van der Waals surface area contributed by atoms with E-state index in [1.807, 2.05) is 30.3 Å². The summed E-state index contributed by atoms with van der Waals surface area (Å²) in [6, 6.07) is 15.7. The number of halogens is 1. The second-order valence-corrected chi connectivity index (χ2v) is 5.39. The van der Waals surface area contributed by atoms with Crippen molar-refractivity contribution in [1.29, 1.82) is 0 Å². The van der Waals surface area contributed by atoms with E-state index in [1.165, 1.54) is 12.1 Å². The Kier molecular flexibility index (Phi) is 5.01. The van der Waals surface area contributed by atoms with Crippen molar-refractivity contribution in [3.8, 4) is 11.3 Å². The van der Waals surface area contributed by atoms with Crippen LogP contribution in [-0.4, -0.2) is 10.9 Å². The molecule has 0 radical (unpaired) electrons. The third kappa shape index (κ3) is 4.29. The predicted molar refractivity (Wildman–Crippen MR) is 88.5 cm³/mol. The molecular formula is C19H17FN2O2. The highest BCUT2D eigenvalue weighted by molar-refractivity contribution is 5.76. The number of carbonyl (C=O) groups is 1. The standard InChI is InChI=1S/C19H17FN2O2/c20-16-8-6-15(7-9-16)17-13-22-19(24-17)11-10-18(23)21-12-14-4-2-1-3-5-14/h1-9,13H,10-12H2,(H,21,23). The summed E-state index contributed by atoms with van der Waals surface area (Å²) in [7, 11) is 0. The van der Waals surface area contributed by atoms with Crippen molar-refractivity contribution >= 4 is 5.91 Å². The van der Waals surface area contributed by atoms with Gasteiger partial charge in [-0.2, -0.15) is 0 Å². The molecule has 1 amide bonds. The highest BCUT2D eigenvalue weighted by Gasteiger charge is 2.09. The van der Waals surface area contributed by atoms with E-state index in [0.717, 1.165) is 11.1 Å². The van der Waals surface area contributed by atoms with Crippen LogP contribution in [0, 0.1) is 5.82 Å². The van der Waals surface area contributed by atoms with Gasteiger partial charge in [0.25, 0.3) is 0 Å². The molecule has 4 nitrogen and oxygen atoms in total. The van der Waals surface area contributed by atoms with Gasteiger partial charge in [-0.05, 0) is 29.8 Å². The minimum atomic E-state index is -0.298. The van der Waals surface area contributed by atoms with Crippen molar-refractivity contribution in [2.24, 2.45) is 0 Å². The van der Waals surface area contributed by atoms with Crippen LogP contribution in [0.5, 0.6) is 0 Å². The molecule has 0 saturated heterocycles. The lowest BCUT2D eigenvalue weighted by Gasteiger charge is -2.04. The molecule has 0 aliphatic heterocycles. The van der Waals surface area contributed by atoms with E-state index in [2.05, 4.69) is 10.3 Å². The maximum absolute atomic E-state index is 12.9. The first kappa shape index (κ1) is 15.9. The van der Waals surface area contributed by atoms with E-state index in [9.17, 15) is 9.18 Å². The molecule has 0 bridgehead atoms. The molecule has 0 fully saturated rings. The van der Waals surface area contributed by atoms with Gasteiger partial charge in [0.1, 0.15) is 5.82 Å². The van der Waals surface area contributed by atoms with E-state index in [1.54, 1.807) is 18.3 Å². The number of hydrogen-bond acceptors (Lipinski definition) is 3. The highest BCUT2D eigenvalue weighted by atomic mass is 19.1. The number of benzene rings is 2. The normalized spacial score (nSPS) is 10.5. The smallest absolute Gasteiger partial charge is 0.220 e. The molecule has 122 valence electrons. The van der Waals surface area contributed by atoms with Crippen LogP contribution in [0.25, 0.3) is 11.3 Å². The number of aryl methyl sites for hydroxylation is 1. The molecule has 5 heteroatoms. The minimum Gasteiger partial charge on any atom is -0.441 e. The van der Waals surface area contributed by atoms with E-state index < -0.39 is 0 Å². The predicted octanol–water partition coefficient (Wildman–Crippen LogP) is 3.73. The third-order valence-corrected chi connectivity index (χ3v) is 3.58. The summed E-state index contributed by atoms with van der Waals surface area (Å²) in [4.78, 5) is 16.0. The number of carbonyl (C=O) groups excluding carboxylic acids is 1. The van der Waals surface area contributed by atoms with Crippen LogP contribution in [0.3, 0.4) is 0 Å². The molecule has 2 aromatic carbocycles. The Bertz CT molecular complexity index is 798. The van der Waals surface area contributed by atoms with Crippen molar-refractivity contribution in [3.05, 3.63) is 78.1 Å². The second kappa shape index (κ2) is 7.55. The molecule has 3 aromatic rings.